The zero-order valence-corrected chi connectivity index (χ0v) is 18.2. The largest absolute Gasteiger partial charge is 0.493 e. The molecule has 0 radical (unpaired) electrons. The minimum absolute atomic E-state index is 0.185. The smallest absolute Gasteiger partial charge is 0.263 e. The quantitative estimate of drug-likeness (QED) is 0.402. The lowest BCUT2D eigenvalue weighted by atomic mass is 10.2. The number of aromatic nitrogens is 4. The van der Waals surface area contributed by atoms with Crippen molar-refractivity contribution in [3.8, 4) is 28.9 Å². The van der Waals surface area contributed by atoms with Crippen molar-refractivity contribution in [2.45, 2.75) is 19.8 Å². The average Bonchev–Trinajstić information content (AvgIpc) is 3.48. The van der Waals surface area contributed by atoms with Crippen LogP contribution < -0.4 is 20.3 Å². The topological polar surface area (TPSA) is 124 Å². The molecular formula is C23H23N5O5. The maximum atomic E-state index is 12.7. The van der Waals surface area contributed by atoms with E-state index in [2.05, 4.69) is 20.4 Å². The number of para-hydroxylation sites is 2. The number of aromatic amines is 1. The molecular weight excluding hydrogens is 426 g/mol. The Hall–Kier alpha value is -4.34. The normalized spacial score (nSPS) is 10.7. The van der Waals surface area contributed by atoms with E-state index in [-0.39, 0.29) is 18.1 Å². The van der Waals surface area contributed by atoms with Gasteiger partial charge in [-0.25, -0.2) is 4.98 Å². The molecule has 0 fully saturated rings. The van der Waals surface area contributed by atoms with Gasteiger partial charge in [0.1, 0.15) is 11.5 Å². The first-order valence-corrected chi connectivity index (χ1v) is 10.4. The summed E-state index contributed by atoms with van der Waals surface area (Å²) < 4.78 is 17.6. The molecule has 1 amide bonds. The number of rotatable bonds is 9. The summed E-state index contributed by atoms with van der Waals surface area (Å²) in [4.78, 5) is 32.0. The van der Waals surface area contributed by atoms with E-state index in [9.17, 15) is 9.59 Å². The third-order valence-corrected chi connectivity index (χ3v) is 4.67. The zero-order chi connectivity index (χ0) is 23.2. The summed E-state index contributed by atoms with van der Waals surface area (Å²) in [5.74, 6) is 1.52. The third kappa shape index (κ3) is 5.12. The average molecular weight is 449 g/mol. The van der Waals surface area contributed by atoms with E-state index in [0.717, 1.165) is 6.42 Å². The molecule has 0 spiro atoms. The Kier molecular flexibility index (Phi) is 6.53. The van der Waals surface area contributed by atoms with Gasteiger partial charge in [0.2, 0.25) is 5.95 Å². The molecule has 3 aromatic heterocycles. The van der Waals surface area contributed by atoms with E-state index in [1.165, 1.54) is 24.1 Å². The highest BCUT2D eigenvalue weighted by molar-refractivity contribution is 5.91. The van der Waals surface area contributed by atoms with Gasteiger partial charge in [-0.05, 0) is 30.7 Å². The lowest BCUT2D eigenvalue weighted by Crippen LogP contribution is -2.23. The number of nitrogens with one attached hydrogen (secondary N) is 2. The number of furan rings is 1. The van der Waals surface area contributed by atoms with Gasteiger partial charge in [0.05, 0.1) is 13.4 Å². The molecule has 10 heteroatoms. The molecule has 0 aliphatic rings. The zero-order valence-electron chi connectivity index (χ0n) is 18.2. The van der Waals surface area contributed by atoms with E-state index in [4.69, 9.17) is 13.9 Å². The van der Waals surface area contributed by atoms with Crippen LogP contribution in [-0.4, -0.2) is 39.4 Å². The number of carbonyl (C=O) groups is 1. The number of H-pyrrole nitrogens is 1. The van der Waals surface area contributed by atoms with E-state index in [0.29, 0.717) is 40.9 Å². The molecule has 0 unspecified atom stereocenters. The monoisotopic (exact) mass is 449 g/mol. The molecule has 0 saturated heterocycles. The van der Waals surface area contributed by atoms with E-state index < -0.39 is 5.91 Å². The predicted molar refractivity (Wildman–Crippen MR) is 121 cm³/mol. The van der Waals surface area contributed by atoms with Crippen molar-refractivity contribution < 1.29 is 18.7 Å². The van der Waals surface area contributed by atoms with Gasteiger partial charge in [-0.1, -0.05) is 25.5 Å². The molecule has 1 aromatic carbocycles. The van der Waals surface area contributed by atoms with Gasteiger partial charge in [0.25, 0.3) is 11.5 Å². The number of ether oxygens (including phenoxy) is 2. The Bertz CT molecular complexity index is 1290. The molecule has 0 aliphatic heterocycles. The Balaban J connectivity index is 1.62. The lowest BCUT2D eigenvalue weighted by molar-refractivity contribution is -0.118. The predicted octanol–water partition coefficient (Wildman–Crippen LogP) is 3.19. The van der Waals surface area contributed by atoms with E-state index in [1.807, 2.05) is 6.92 Å². The van der Waals surface area contributed by atoms with Crippen LogP contribution in [-0.2, 0) is 11.2 Å². The maximum Gasteiger partial charge on any atom is 0.263 e. The Labute approximate surface area is 189 Å². The molecule has 4 rings (SSSR count). The molecule has 0 bridgehead atoms. The number of nitrogens with zero attached hydrogens (tertiary/aromatic N) is 3. The molecule has 170 valence electrons. The maximum absolute atomic E-state index is 12.7. The molecule has 33 heavy (non-hydrogen) atoms. The van der Waals surface area contributed by atoms with Gasteiger partial charge < -0.3 is 19.2 Å². The molecule has 0 atom stereocenters. The minimum Gasteiger partial charge on any atom is -0.493 e. The summed E-state index contributed by atoms with van der Waals surface area (Å²) in [6.07, 6.45) is 2.99. The van der Waals surface area contributed by atoms with Crippen molar-refractivity contribution in [3.05, 3.63) is 70.8 Å². The Morgan fingerprint density at radius 3 is 2.73 bits per heavy atom. The molecule has 2 N–H and O–H groups in total. The summed E-state index contributed by atoms with van der Waals surface area (Å²) in [6, 6.07) is 13.6. The number of amides is 1. The minimum atomic E-state index is -0.430. The number of anilines is 1. The summed E-state index contributed by atoms with van der Waals surface area (Å²) in [5.41, 5.74) is 0.780. The number of aryl methyl sites for hydroxylation is 1. The fraction of sp³-hybridized carbons (Fsp3) is 0.217. The highest BCUT2D eigenvalue weighted by atomic mass is 16.5. The fourth-order valence-corrected chi connectivity index (χ4v) is 3.21. The van der Waals surface area contributed by atoms with Gasteiger partial charge >= 0.3 is 0 Å². The first-order chi connectivity index (χ1) is 16.1. The van der Waals surface area contributed by atoms with Gasteiger partial charge in [-0.2, -0.15) is 9.78 Å². The van der Waals surface area contributed by atoms with Crippen molar-refractivity contribution in [1.82, 2.24) is 19.7 Å². The lowest BCUT2D eigenvalue weighted by Gasteiger charge is -2.11. The summed E-state index contributed by atoms with van der Waals surface area (Å²) >= 11 is 0. The van der Waals surface area contributed by atoms with Gasteiger partial charge in [0.15, 0.2) is 23.9 Å². The third-order valence-electron chi connectivity index (χ3n) is 4.67. The second kappa shape index (κ2) is 9.86. The first kappa shape index (κ1) is 21.9. The fourth-order valence-electron chi connectivity index (χ4n) is 3.21. The molecule has 10 nitrogen and oxygen atoms in total. The molecule has 3 heterocycles. The Morgan fingerprint density at radius 2 is 2.00 bits per heavy atom. The van der Waals surface area contributed by atoms with Crippen LogP contribution in [0.3, 0.4) is 0 Å². The molecule has 0 aliphatic carbocycles. The van der Waals surface area contributed by atoms with Crippen molar-refractivity contribution in [2.75, 3.05) is 19.0 Å². The van der Waals surface area contributed by atoms with Crippen molar-refractivity contribution >= 4 is 11.7 Å². The molecule has 0 saturated carbocycles. The van der Waals surface area contributed by atoms with Crippen LogP contribution in [0.15, 0.2) is 64.0 Å². The van der Waals surface area contributed by atoms with Gasteiger partial charge in [0, 0.05) is 17.8 Å². The number of hydrogen-bond donors (Lipinski definition) is 2. The highest BCUT2D eigenvalue weighted by Crippen LogP contribution is 2.26. The number of methoxy groups -OCH3 is 1. The Morgan fingerprint density at radius 1 is 1.18 bits per heavy atom. The van der Waals surface area contributed by atoms with Crippen LogP contribution in [0.2, 0.25) is 0 Å². The highest BCUT2D eigenvalue weighted by Gasteiger charge is 2.18. The second-order valence-electron chi connectivity index (χ2n) is 7.10. The van der Waals surface area contributed by atoms with Crippen LogP contribution in [0.1, 0.15) is 19.0 Å². The van der Waals surface area contributed by atoms with Gasteiger partial charge in [-0.3, -0.25) is 14.6 Å². The number of carbonyl (C=O) groups excluding carboxylic acids is 1. The van der Waals surface area contributed by atoms with E-state index >= 15 is 0 Å². The van der Waals surface area contributed by atoms with Crippen LogP contribution >= 0.6 is 0 Å². The number of hydrogen-bond acceptors (Lipinski definition) is 7. The standard InChI is InChI=1S/C23H23N5O5/c1-3-7-15-12-21(29)26-23(24-15)28-20(13-16(27-28)17-10-6-11-32-17)25-22(30)14-33-19-9-5-4-8-18(19)31-2/h4-6,8-13H,3,7,14H2,1-2H3,(H,25,30)(H,24,26,29). The van der Waals surface area contributed by atoms with Crippen LogP contribution in [0.4, 0.5) is 5.82 Å². The van der Waals surface area contributed by atoms with Crippen molar-refractivity contribution in [2.24, 2.45) is 0 Å². The van der Waals surface area contributed by atoms with E-state index in [1.54, 1.807) is 42.5 Å². The van der Waals surface area contributed by atoms with Crippen LogP contribution in [0.25, 0.3) is 17.4 Å². The SMILES string of the molecule is CCCc1cc(=O)[nH]c(-n2nc(-c3ccco3)cc2NC(=O)COc2ccccc2OC)n1. The summed E-state index contributed by atoms with van der Waals surface area (Å²) in [5, 5.41) is 7.24. The number of benzene rings is 1. The van der Waals surface area contributed by atoms with Gasteiger partial charge in [-0.15, -0.1) is 0 Å². The summed E-state index contributed by atoms with van der Waals surface area (Å²) in [7, 11) is 1.53. The van der Waals surface area contributed by atoms with Crippen molar-refractivity contribution in [3.63, 3.8) is 0 Å². The summed E-state index contributed by atoms with van der Waals surface area (Å²) in [6.45, 7) is 1.74. The first-order valence-electron chi connectivity index (χ1n) is 10.4. The second-order valence-corrected chi connectivity index (χ2v) is 7.10. The van der Waals surface area contributed by atoms with Crippen LogP contribution in [0, 0.1) is 0 Å². The van der Waals surface area contributed by atoms with Crippen LogP contribution in [0.5, 0.6) is 11.5 Å². The molecule has 4 aromatic rings. The van der Waals surface area contributed by atoms with Crippen molar-refractivity contribution in [1.29, 1.82) is 0 Å².